The average Bonchev–Trinajstić information content (AvgIpc) is 2.62. The zero-order valence-electron chi connectivity index (χ0n) is 9.47. The number of nitrogens with one attached hydrogen (secondary N) is 1. The van der Waals surface area contributed by atoms with Crippen LogP contribution >= 0.6 is 15.9 Å². The lowest BCUT2D eigenvalue weighted by Gasteiger charge is -2.14. The normalized spacial score (nSPS) is 24.0. The van der Waals surface area contributed by atoms with Crippen LogP contribution in [0.2, 0.25) is 0 Å². The fourth-order valence-corrected chi connectivity index (χ4v) is 2.51. The zero-order valence-corrected chi connectivity index (χ0v) is 11.1. The predicted octanol–water partition coefficient (Wildman–Crippen LogP) is 3.71. The monoisotopic (exact) mass is 305 g/mol. The summed E-state index contributed by atoms with van der Waals surface area (Å²) in [5.74, 6) is -1.19. The van der Waals surface area contributed by atoms with E-state index >= 15 is 0 Å². The Morgan fingerprint density at radius 3 is 2.76 bits per heavy atom. The first-order valence-electron chi connectivity index (χ1n) is 5.60. The molecule has 0 spiro atoms. The fourth-order valence-electron chi connectivity index (χ4n) is 1.96. The van der Waals surface area contributed by atoms with Crippen molar-refractivity contribution in [1.82, 2.24) is 0 Å². The van der Waals surface area contributed by atoms with Gasteiger partial charge in [0.15, 0.2) is 0 Å². The Labute approximate surface area is 107 Å². The van der Waals surface area contributed by atoms with E-state index in [9.17, 15) is 8.78 Å². The first-order valence-corrected chi connectivity index (χ1v) is 6.39. The second kappa shape index (κ2) is 5.31. The SMILES string of the molecule is CC1CCC(CNc2c(F)cc(F)cc2Br)O1. The van der Waals surface area contributed by atoms with Crippen molar-refractivity contribution in [3.8, 4) is 0 Å². The Hall–Kier alpha value is -0.680. The summed E-state index contributed by atoms with van der Waals surface area (Å²) < 4.78 is 32.4. The van der Waals surface area contributed by atoms with Gasteiger partial charge in [-0.3, -0.25) is 0 Å². The van der Waals surface area contributed by atoms with Gasteiger partial charge in [0, 0.05) is 17.1 Å². The van der Waals surface area contributed by atoms with Crippen LogP contribution < -0.4 is 5.32 Å². The molecule has 2 rings (SSSR count). The van der Waals surface area contributed by atoms with Crippen molar-refractivity contribution in [2.45, 2.75) is 32.0 Å². The lowest BCUT2D eigenvalue weighted by molar-refractivity contribution is 0.0636. The Bertz CT molecular complexity index is 390. The molecule has 1 saturated heterocycles. The summed E-state index contributed by atoms with van der Waals surface area (Å²) in [5.41, 5.74) is 0.287. The van der Waals surface area contributed by atoms with Crippen LogP contribution in [0, 0.1) is 11.6 Å². The molecule has 1 aliphatic heterocycles. The molecule has 17 heavy (non-hydrogen) atoms. The number of anilines is 1. The molecule has 5 heteroatoms. The standard InChI is InChI=1S/C12H14BrF2NO/c1-7-2-3-9(17-7)6-16-12-10(13)4-8(14)5-11(12)15/h4-5,7,9,16H,2-3,6H2,1H3. The topological polar surface area (TPSA) is 21.3 Å². The summed E-state index contributed by atoms with van der Waals surface area (Å²) in [6.45, 7) is 2.56. The quantitative estimate of drug-likeness (QED) is 0.919. The summed E-state index contributed by atoms with van der Waals surface area (Å²) >= 11 is 3.14. The van der Waals surface area contributed by atoms with Crippen LogP contribution in [0.1, 0.15) is 19.8 Å². The Kier molecular flexibility index (Phi) is 3.99. The first-order chi connectivity index (χ1) is 8.06. The maximum atomic E-state index is 13.5. The van der Waals surface area contributed by atoms with E-state index in [2.05, 4.69) is 21.2 Å². The van der Waals surface area contributed by atoms with Gasteiger partial charge in [0.05, 0.1) is 17.9 Å². The third kappa shape index (κ3) is 3.16. The maximum Gasteiger partial charge on any atom is 0.150 e. The van der Waals surface area contributed by atoms with Crippen LogP contribution in [0.5, 0.6) is 0 Å². The summed E-state index contributed by atoms with van der Waals surface area (Å²) in [4.78, 5) is 0. The highest BCUT2D eigenvalue weighted by atomic mass is 79.9. The van der Waals surface area contributed by atoms with Gasteiger partial charge in [-0.05, 0) is 41.8 Å². The predicted molar refractivity (Wildman–Crippen MR) is 66.1 cm³/mol. The highest BCUT2D eigenvalue weighted by Gasteiger charge is 2.22. The Morgan fingerprint density at radius 1 is 1.41 bits per heavy atom. The molecule has 0 radical (unpaired) electrons. The van der Waals surface area contributed by atoms with Crippen LogP contribution in [0.4, 0.5) is 14.5 Å². The van der Waals surface area contributed by atoms with Crippen LogP contribution in [-0.2, 0) is 4.74 Å². The molecule has 1 aliphatic rings. The fraction of sp³-hybridized carbons (Fsp3) is 0.500. The van der Waals surface area contributed by atoms with E-state index in [0.717, 1.165) is 18.9 Å². The molecule has 94 valence electrons. The van der Waals surface area contributed by atoms with Crippen molar-refractivity contribution < 1.29 is 13.5 Å². The van der Waals surface area contributed by atoms with Crippen LogP contribution in [0.25, 0.3) is 0 Å². The lowest BCUT2D eigenvalue weighted by Crippen LogP contribution is -2.20. The molecule has 1 aromatic rings. The third-order valence-corrected chi connectivity index (χ3v) is 3.46. The van der Waals surface area contributed by atoms with E-state index in [1.165, 1.54) is 6.07 Å². The molecule has 0 bridgehead atoms. The minimum absolute atomic E-state index is 0.0985. The zero-order chi connectivity index (χ0) is 12.4. The lowest BCUT2D eigenvalue weighted by atomic mass is 10.2. The number of ether oxygens (including phenoxy) is 1. The number of halogens is 3. The molecule has 0 saturated carbocycles. The smallest absolute Gasteiger partial charge is 0.150 e. The summed E-state index contributed by atoms with van der Waals surface area (Å²) in [7, 11) is 0. The Morgan fingerprint density at radius 2 is 2.18 bits per heavy atom. The summed E-state index contributed by atoms with van der Waals surface area (Å²) in [5, 5.41) is 2.96. The van der Waals surface area contributed by atoms with Gasteiger partial charge in [0.25, 0.3) is 0 Å². The molecule has 0 aliphatic carbocycles. The molecule has 2 atom stereocenters. The summed E-state index contributed by atoms with van der Waals surface area (Å²) in [6.07, 6.45) is 2.36. The van der Waals surface area contributed by atoms with Gasteiger partial charge in [-0.2, -0.15) is 0 Å². The van der Waals surface area contributed by atoms with E-state index in [1.54, 1.807) is 0 Å². The van der Waals surface area contributed by atoms with Crippen LogP contribution in [0.15, 0.2) is 16.6 Å². The molecule has 2 unspecified atom stereocenters. The summed E-state index contributed by atoms with van der Waals surface area (Å²) in [6, 6.07) is 2.11. The second-order valence-corrected chi connectivity index (χ2v) is 5.13. The molecule has 0 amide bonds. The maximum absolute atomic E-state index is 13.5. The molecule has 1 heterocycles. The van der Waals surface area contributed by atoms with Gasteiger partial charge >= 0.3 is 0 Å². The number of benzene rings is 1. The van der Waals surface area contributed by atoms with Crippen LogP contribution in [-0.4, -0.2) is 18.8 Å². The molecular formula is C12H14BrF2NO. The van der Waals surface area contributed by atoms with Crippen molar-refractivity contribution in [3.63, 3.8) is 0 Å². The first kappa shape index (κ1) is 12.8. The largest absolute Gasteiger partial charge is 0.379 e. The van der Waals surface area contributed by atoms with E-state index in [4.69, 9.17) is 4.74 Å². The van der Waals surface area contributed by atoms with Crippen molar-refractivity contribution in [1.29, 1.82) is 0 Å². The van der Waals surface area contributed by atoms with Gasteiger partial charge < -0.3 is 10.1 Å². The van der Waals surface area contributed by atoms with Gasteiger partial charge in [-0.15, -0.1) is 0 Å². The molecule has 1 fully saturated rings. The molecule has 0 aromatic heterocycles. The highest BCUT2D eigenvalue weighted by molar-refractivity contribution is 9.10. The molecular weight excluding hydrogens is 292 g/mol. The van der Waals surface area contributed by atoms with Gasteiger partial charge in [0.2, 0.25) is 0 Å². The van der Waals surface area contributed by atoms with Crippen molar-refractivity contribution >= 4 is 21.6 Å². The van der Waals surface area contributed by atoms with Gasteiger partial charge in [-0.1, -0.05) is 0 Å². The van der Waals surface area contributed by atoms with Crippen LogP contribution in [0.3, 0.4) is 0 Å². The van der Waals surface area contributed by atoms with E-state index in [-0.39, 0.29) is 17.9 Å². The van der Waals surface area contributed by atoms with Gasteiger partial charge in [-0.25, -0.2) is 8.78 Å². The van der Waals surface area contributed by atoms with Gasteiger partial charge in [0.1, 0.15) is 11.6 Å². The molecule has 2 nitrogen and oxygen atoms in total. The molecule has 1 N–H and O–H groups in total. The minimum atomic E-state index is -0.595. The van der Waals surface area contributed by atoms with Crippen molar-refractivity contribution in [2.75, 3.05) is 11.9 Å². The third-order valence-electron chi connectivity index (χ3n) is 2.83. The number of rotatable bonds is 3. The number of hydrogen-bond acceptors (Lipinski definition) is 2. The van der Waals surface area contributed by atoms with Crippen molar-refractivity contribution in [3.05, 3.63) is 28.2 Å². The van der Waals surface area contributed by atoms with E-state index in [1.807, 2.05) is 6.92 Å². The van der Waals surface area contributed by atoms with E-state index in [0.29, 0.717) is 11.0 Å². The second-order valence-electron chi connectivity index (χ2n) is 4.27. The van der Waals surface area contributed by atoms with E-state index < -0.39 is 11.6 Å². The number of hydrogen-bond donors (Lipinski definition) is 1. The highest BCUT2D eigenvalue weighted by Crippen LogP contribution is 2.27. The average molecular weight is 306 g/mol. The minimum Gasteiger partial charge on any atom is -0.379 e. The Balaban J connectivity index is 1.99. The van der Waals surface area contributed by atoms with Crippen molar-refractivity contribution in [2.24, 2.45) is 0 Å². The molecule has 1 aromatic carbocycles.